The lowest BCUT2D eigenvalue weighted by Crippen LogP contribution is -1.93. The molecule has 0 N–H and O–H groups in total. The van der Waals surface area contributed by atoms with Crippen LogP contribution in [-0.2, 0) is 0 Å². The van der Waals surface area contributed by atoms with Gasteiger partial charge in [-0.15, -0.1) is 0 Å². The summed E-state index contributed by atoms with van der Waals surface area (Å²) in [6.07, 6.45) is 0. The van der Waals surface area contributed by atoms with Crippen LogP contribution in [-0.4, -0.2) is 4.57 Å². The van der Waals surface area contributed by atoms with Gasteiger partial charge in [0, 0.05) is 20.9 Å². The van der Waals surface area contributed by atoms with E-state index in [9.17, 15) is 0 Å². The minimum atomic E-state index is 1.08. The van der Waals surface area contributed by atoms with Crippen LogP contribution in [0.5, 0.6) is 0 Å². The van der Waals surface area contributed by atoms with Gasteiger partial charge in [0.05, 0.1) is 11.0 Å². The molecule has 0 saturated carbocycles. The normalized spacial score (nSPS) is 11.3. The van der Waals surface area contributed by atoms with Crippen LogP contribution < -0.4 is 0 Å². The van der Waals surface area contributed by atoms with Crippen LogP contribution in [0, 0.1) is 0 Å². The number of hydrogen-bond acceptors (Lipinski definition) is 0. The third-order valence-electron chi connectivity index (χ3n) is 7.29. The molecule has 0 unspecified atom stereocenters. The first-order valence-electron chi connectivity index (χ1n) is 12.8. The van der Waals surface area contributed by atoms with Gasteiger partial charge in [0.2, 0.25) is 0 Å². The van der Waals surface area contributed by atoms with E-state index in [-0.39, 0.29) is 0 Å². The predicted octanol–water partition coefficient (Wildman–Crippen LogP) is 10.5. The topological polar surface area (TPSA) is 4.93 Å². The van der Waals surface area contributed by atoms with Gasteiger partial charge in [-0.05, 0) is 75.8 Å². The molecule has 6 aromatic carbocycles. The molecule has 1 heterocycles. The van der Waals surface area contributed by atoms with Gasteiger partial charge in [-0.1, -0.05) is 119 Å². The van der Waals surface area contributed by atoms with E-state index in [0.29, 0.717) is 0 Å². The smallest absolute Gasteiger partial charge is 0.0541 e. The predicted molar refractivity (Wildman–Crippen MR) is 165 cm³/mol. The molecule has 0 aliphatic heterocycles. The Hall–Kier alpha value is -4.40. The maximum atomic E-state index is 3.70. The highest BCUT2D eigenvalue weighted by Crippen LogP contribution is 2.37. The number of nitrogens with zero attached hydrogens (tertiary/aromatic N) is 1. The molecule has 0 aliphatic carbocycles. The summed E-state index contributed by atoms with van der Waals surface area (Å²) in [6, 6.07) is 52.2. The molecule has 2 heteroatoms. The highest BCUT2D eigenvalue weighted by Gasteiger charge is 2.14. The van der Waals surface area contributed by atoms with Crippen molar-refractivity contribution >= 4 is 37.7 Å². The molecule has 0 bridgehead atoms. The molecule has 7 aromatic rings. The number of fused-ring (bicyclic) bond motifs is 3. The minimum Gasteiger partial charge on any atom is -0.309 e. The van der Waals surface area contributed by atoms with Gasteiger partial charge in [-0.3, -0.25) is 0 Å². The third-order valence-corrected chi connectivity index (χ3v) is 7.78. The van der Waals surface area contributed by atoms with Gasteiger partial charge in [-0.25, -0.2) is 0 Å². The first-order chi connectivity index (χ1) is 18.7. The van der Waals surface area contributed by atoms with Crippen molar-refractivity contribution in [3.8, 4) is 39.1 Å². The zero-order valence-corrected chi connectivity index (χ0v) is 22.3. The van der Waals surface area contributed by atoms with Crippen LogP contribution in [0.4, 0.5) is 0 Å². The van der Waals surface area contributed by atoms with Gasteiger partial charge in [0.1, 0.15) is 0 Å². The SMILES string of the molecule is Brc1ccc2c(c1)c1cc(-c3ccc(-c4ccccc4)cc3)ccc1n2-c1ccc(-c2ccccc2)cc1. The summed E-state index contributed by atoms with van der Waals surface area (Å²) >= 11 is 3.70. The lowest BCUT2D eigenvalue weighted by atomic mass is 9.99. The van der Waals surface area contributed by atoms with Crippen LogP contribution in [0.15, 0.2) is 150 Å². The summed E-state index contributed by atoms with van der Waals surface area (Å²) in [5.41, 5.74) is 10.9. The molecular formula is C36H24BrN. The summed E-state index contributed by atoms with van der Waals surface area (Å²) in [5.74, 6) is 0. The summed E-state index contributed by atoms with van der Waals surface area (Å²) in [6.45, 7) is 0. The van der Waals surface area contributed by atoms with Crippen LogP contribution in [0.3, 0.4) is 0 Å². The Labute approximate surface area is 230 Å². The lowest BCUT2D eigenvalue weighted by Gasteiger charge is -2.10. The maximum absolute atomic E-state index is 3.70. The summed E-state index contributed by atoms with van der Waals surface area (Å²) in [4.78, 5) is 0. The Balaban J connectivity index is 1.34. The number of halogens is 1. The molecule has 0 fully saturated rings. The van der Waals surface area contributed by atoms with Gasteiger partial charge < -0.3 is 4.57 Å². The number of rotatable bonds is 4. The number of aromatic nitrogens is 1. The Bertz CT molecular complexity index is 1880. The van der Waals surface area contributed by atoms with Crippen LogP contribution in [0.2, 0.25) is 0 Å². The van der Waals surface area contributed by atoms with Crippen LogP contribution in [0.1, 0.15) is 0 Å². The molecule has 180 valence electrons. The number of benzene rings is 6. The first kappa shape index (κ1) is 22.8. The molecule has 0 amide bonds. The van der Waals surface area contributed by atoms with Crippen molar-refractivity contribution < 1.29 is 0 Å². The van der Waals surface area contributed by atoms with E-state index in [1.807, 2.05) is 0 Å². The maximum Gasteiger partial charge on any atom is 0.0541 e. The standard InChI is InChI=1S/C36H24BrN/c37-31-18-22-36-34(24-31)33-23-30(29-13-11-27(12-14-29)25-7-3-1-4-8-25)17-21-35(33)38(36)32-19-15-28(16-20-32)26-9-5-2-6-10-26/h1-24H. The van der Waals surface area contributed by atoms with Crippen molar-refractivity contribution in [2.45, 2.75) is 0 Å². The fraction of sp³-hybridized carbons (Fsp3) is 0. The highest BCUT2D eigenvalue weighted by atomic mass is 79.9. The van der Waals surface area contributed by atoms with E-state index in [1.54, 1.807) is 0 Å². The second-order valence-corrected chi connectivity index (χ2v) is 10.5. The average Bonchev–Trinajstić information content (AvgIpc) is 3.31. The largest absolute Gasteiger partial charge is 0.309 e. The van der Waals surface area contributed by atoms with Crippen molar-refractivity contribution in [2.24, 2.45) is 0 Å². The molecule has 38 heavy (non-hydrogen) atoms. The van der Waals surface area contributed by atoms with Crippen LogP contribution in [0.25, 0.3) is 60.9 Å². The molecule has 1 aromatic heterocycles. The summed E-state index contributed by atoms with van der Waals surface area (Å²) in [7, 11) is 0. The quantitative estimate of drug-likeness (QED) is 0.205. The van der Waals surface area contributed by atoms with Crippen molar-refractivity contribution in [1.29, 1.82) is 0 Å². The van der Waals surface area contributed by atoms with Gasteiger partial charge in [0.15, 0.2) is 0 Å². The fourth-order valence-corrected chi connectivity index (χ4v) is 5.73. The summed E-state index contributed by atoms with van der Waals surface area (Å²) < 4.78 is 3.45. The Morgan fingerprint density at radius 3 is 1.37 bits per heavy atom. The molecule has 0 saturated heterocycles. The molecular weight excluding hydrogens is 526 g/mol. The summed E-state index contributed by atoms with van der Waals surface area (Å²) in [5, 5.41) is 2.49. The Kier molecular flexibility index (Phi) is 5.68. The van der Waals surface area contributed by atoms with E-state index < -0.39 is 0 Å². The van der Waals surface area contributed by atoms with Crippen molar-refractivity contribution in [2.75, 3.05) is 0 Å². The Morgan fingerprint density at radius 2 is 0.789 bits per heavy atom. The first-order valence-corrected chi connectivity index (χ1v) is 13.6. The molecule has 0 aliphatic rings. The van der Waals surface area contributed by atoms with E-state index in [0.717, 1.165) is 10.2 Å². The minimum absolute atomic E-state index is 1.08. The second kappa shape index (κ2) is 9.48. The Morgan fingerprint density at radius 1 is 0.368 bits per heavy atom. The highest BCUT2D eigenvalue weighted by molar-refractivity contribution is 9.10. The van der Waals surface area contributed by atoms with Gasteiger partial charge >= 0.3 is 0 Å². The van der Waals surface area contributed by atoms with Gasteiger partial charge in [-0.2, -0.15) is 0 Å². The van der Waals surface area contributed by atoms with Crippen LogP contribution >= 0.6 is 15.9 Å². The molecule has 1 nitrogen and oxygen atoms in total. The monoisotopic (exact) mass is 549 g/mol. The number of hydrogen-bond donors (Lipinski definition) is 0. The van der Waals surface area contributed by atoms with E-state index in [2.05, 4.69) is 166 Å². The van der Waals surface area contributed by atoms with E-state index in [1.165, 1.54) is 55.2 Å². The zero-order chi connectivity index (χ0) is 25.5. The third kappa shape index (κ3) is 4.04. The van der Waals surface area contributed by atoms with E-state index in [4.69, 9.17) is 0 Å². The average molecular weight is 550 g/mol. The van der Waals surface area contributed by atoms with Gasteiger partial charge in [0.25, 0.3) is 0 Å². The van der Waals surface area contributed by atoms with Crippen molar-refractivity contribution in [1.82, 2.24) is 4.57 Å². The van der Waals surface area contributed by atoms with Crippen molar-refractivity contribution in [3.63, 3.8) is 0 Å². The molecule has 7 rings (SSSR count). The van der Waals surface area contributed by atoms with E-state index >= 15 is 0 Å². The molecule has 0 spiro atoms. The fourth-order valence-electron chi connectivity index (χ4n) is 5.37. The molecule has 0 atom stereocenters. The second-order valence-electron chi connectivity index (χ2n) is 9.59. The van der Waals surface area contributed by atoms with Crippen molar-refractivity contribution in [3.05, 3.63) is 150 Å². The zero-order valence-electron chi connectivity index (χ0n) is 20.7. The molecule has 0 radical (unpaired) electrons. The lowest BCUT2D eigenvalue weighted by molar-refractivity contribution is 1.18.